The molecule has 1 saturated heterocycles. The highest BCUT2D eigenvalue weighted by atomic mass is 35.5. The predicted molar refractivity (Wildman–Crippen MR) is 87.9 cm³/mol. The van der Waals surface area contributed by atoms with E-state index in [-0.39, 0.29) is 36.8 Å². The van der Waals surface area contributed by atoms with E-state index in [1.807, 2.05) is 13.8 Å². The third-order valence-corrected chi connectivity index (χ3v) is 5.06. The molecule has 0 aromatic heterocycles. The van der Waals surface area contributed by atoms with Crippen molar-refractivity contribution in [1.82, 2.24) is 4.90 Å². The van der Waals surface area contributed by atoms with Gasteiger partial charge in [0, 0.05) is 6.54 Å². The fourth-order valence-corrected chi connectivity index (χ4v) is 3.58. The summed E-state index contributed by atoms with van der Waals surface area (Å²) in [4.78, 5) is 14.6. The number of carbonyl (C=O) groups excluding carboxylic acids is 1. The minimum atomic E-state index is -0.542. The van der Waals surface area contributed by atoms with Gasteiger partial charge in [-0.1, -0.05) is 23.2 Å². The molecule has 2 aliphatic rings. The number of rotatable bonds is 2. The van der Waals surface area contributed by atoms with E-state index in [4.69, 9.17) is 32.7 Å². The van der Waals surface area contributed by atoms with Gasteiger partial charge in [-0.2, -0.15) is 0 Å². The van der Waals surface area contributed by atoms with Crippen LogP contribution in [0.1, 0.15) is 36.2 Å². The number of fused-ring (bicyclic) bond motifs is 2. The van der Waals surface area contributed by atoms with E-state index in [1.54, 1.807) is 11.8 Å². The lowest BCUT2D eigenvalue weighted by Gasteiger charge is -2.22. The Morgan fingerprint density at radius 1 is 1.35 bits per heavy atom. The number of nitrogens with zero attached hydrogens (tertiary/aromatic N) is 1. The fraction of sp³-hybridized carbons (Fsp3) is 0.562. The summed E-state index contributed by atoms with van der Waals surface area (Å²) in [5, 5.41) is 10.5. The number of hydrogen-bond donors (Lipinski definition) is 1. The van der Waals surface area contributed by atoms with Crippen LogP contribution in [-0.2, 0) is 0 Å². The molecule has 1 amide bonds. The van der Waals surface area contributed by atoms with Gasteiger partial charge in [0.25, 0.3) is 5.91 Å². The Bertz CT molecular complexity index is 662. The van der Waals surface area contributed by atoms with Crippen LogP contribution in [0.4, 0.5) is 0 Å². The lowest BCUT2D eigenvalue weighted by Crippen LogP contribution is -2.37. The molecule has 2 heterocycles. The Labute approximate surface area is 145 Å². The maximum atomic E-state index is 13.0. The Hall–Kier alpha value is -1.17. The van der Waals surface area contributed by atoms with Crippen LogP contribution < -0.4 is 9.47 Å². The standard InChI is InChI=1S/C16H19Cl2NO4/c1-7(2)23-15-11-14(12(17)8(3)13(15)18)22-6-9-4-10(20)5-19(9)16(11)21/h7,9-10,20H,4-6H2,1-3H3/t9-,10-/m1/s1. The highest BCUT2D eigenvalue weighted by Crippen LogP contribution is 2.47. The van der Waals surface area contributed by atoms with Crippen LogP contribution in [0.15, 0.2) is 0 Å². The second-order valence-electron chi connectivity index (χ2n) is 6.26. The molecule has 0 spiro atoms. The molecule has 0 aliphatic carbocycles. The van der Waals surface area contributed by atoms with Crippen molar-refractivity contribution in [2.75, 3.05) is 13.2 Å². The number of aliphatic hydroxyl groups excluding tert-OH is 1. The van der Waals surface area contributed by atoms with Crippen LogP contribution in [0.3, 0.4) is 0 Å². The number of amides is 1. The molecule has 2 aliphatic heterocycles. The minimum Gasteiger partial charge on any atom is -0.489 e. The first-order valence-electron chi connectivity index (χ1n) is 7.61. The molecule has 2 atom stereocenters. The molecule has 1 aromatic carbocycles. The van der Waals surface area contributed by atoms with Crippen LogP contribution in [0.25, 0.3) is 0 Å². The summed E-state index contributed by atoms with van der Waals surface area (Å²) < 4.78 is 11.6. The first-order chi connectivity index (χ1) is 10.8. The van der Waals surface area contributed by atoms with Crippen molar-refractivity contribution >= 4 is 29.1 Å². The van der Waals surface area contributed by atoms with Gasteiger partial charge in [0.05, 0.1) is 28.3 Å². The van der Waals surface area contributed by atoms with Crippen molar-refractivity contribution in [2.24, 2.45) is 0 Å². The van der Waals surface area contributed by atoms with E-state index < -0.39 is 6.10 Å². The number of hydrogen-bond acceptors (Lipinski definition) is 4. The molecule has 0 unspecified atom stereocenters. The molecule has 1 N–H and O–H groups in total. The van der Waals surface area contributed by atoms with Gasteiger partial charge >= 0.3 is 0 Å². The Kier molecular flexibility index (Phi) is 4.38. The maximum absolute atomic E-state index is 13.0. The quantitative estimate of drug-likeness (QED) is 0.881. The lowest BCUT2D eigenvalue weighted by atomic mass is 10.1. The van der Waals surface area contributed by atoms with E-state index in [0.29, 0.717) is 33.5 Å². The zero-order chi connectivity index (χ0) is 16.9. The third kappa shape index (κ3) is 2.75. The molecule has 1 fully saturated rings. The highest BCUT2D eigenvalue weighted by Gasteiger charge is 2.41. The molecule has 0 saturated carbocycles. The van der Waals surface area contributed by atoms with Gasteiger partial charge in [-0.25, -0.2) is 0 Å². The maximum Gasteiger partial charge on any atom is 0.262 e. The van der Waals surface area contributed by atoms with Gasteiger partial charge in [-0.05, 0) is 32.8 Å². The molecule has 3 rings (SSSR count). The second kappa shape index (κ2) is 6.04. The number of carbonyl (C=O) groups is 1. The van der Waals surface area contributed by atoms with Gasteiger partial charge < -0.3 is 19.5 Å². The molecule has 7 heteroatoms. The summed E-state index contributed by atoms with van der Waals surface area (Å²) in [6, 6.07) is -0.174. The first kappa shape index (κ1) is 16.7. The van der Waals surface area contributed by atoms with Gasteiger partial charge in [0.2, 0.25) is 0 Å². The van der Waals surface area contributed by atoms with Gasteiger partial charge in [-0.3, -0.25) is 4.79 Å². The van der Waals surface area contributed by atoms with Crippen LogP contribution in [0, 0.1) is 6.92 Å². The summed E-state index contributed by atoms with van der Waals surface area (Å²) in [6.07, 6.45) is -0.210. The predicted octanol–water partition coefficient (Wildman–Crippen LogP) is 3.06. The fourth-order valence-electron chi connectivity index (χ4n) is 3.06. The van der Waals surface area contributed by atoms with Crippen LogP contribution in [0.2, 0.25) is 10.0 Å². The number of ether oxygens (including phenoxy) is 2. The Morgan fingerprint density at radius 3 is 2.70 bits per heavy atom. The summed E-state index contributed by atoms with van der Waals surface area (Å²) in [7, 11) is 0. The van der Waals surface area contributed by atoms with Crippen LogP contribution in [-0.4, -0.2) is 47.3 Å². The third-order valence-electron chi connectivity index (χ3n) is 4.15. The molecule has 23 heavy (non-hydrogen) atoms. The van der Waals surface area contributed by atoms with Gasteiger partial charge in [0.15, 0.2) is 11.5 Å². The molecular formula is C16H19Cl2NO4. The second-order valence-corrected chi connectivity index (χ2v) is 7.02. The normalized spacial score (nSPS) is 23.4. The van der Waals surface area contributed by atoms with Crippen molar-refractivity contribution in [1.29, 1.82) is 0 Å². The topological polar surface area (TPSA) is 59.0 Å². The SMILES string of the molecule is Cc1c(Cl)c2c(c(OC(C)C)c1Cl)C(=O)N1C[C@H](O)C[C@@H]1CO2. The Balaban J connectivity index is 2.18. The van der Waals surface area contributed by atoms with Crippen molar-refractivity contribution in [2.45, 2.75) is 45.4 Å². The Morgan fingerprint density at radius 2 is 2.04 bits per heavy atom. The smallest absolute Gasteiger partial charge is 0.262 e. The van der Waals surface area contributed by atoms with E-state index in [9.17, 15) is 9.90 Å². The average molecular weight is 360 g/mol. The monoisotopic (exact) mass is 359 g/mol. The summed E-state index contributed by atoms with van der Waals surface area (Å²) in [6.45, 7) is 6.05. The molecule has 5 nitrogen and oxygen atoms in total. The van der Waals surface area contributed by atoms with Crippen LogP contribution in [0.5, 0.6) is 11.5 Å². The molecule has 0 radical (unpaired) electrons. The van der Waals surface area contributed by atoms with Gasteiger partial charge in [0.1, 0.15) is 12.2 Å². The first-order valence-corrected chi connectivity index (χ1v) is 8.36. The van der Waals surface area contributed by atoms with Crippen molar-refractivity contribution in [3.8, 4) is 11.5 Å². The van der Waals surface area contributed by atoms with Crippen molar-refractivity contribution < 1.29 is 19.4 Å². The van der Waals surface area contributed by atoms with E-state index in [2.05, 4.69) is 0 Å². The van der Waals surface area contributed by atoms with Crippen molar-refractivity contribution in [3.05, 3.63) is 21.2 Å². The summed E-state index contributed by atoms with van der Waals surface area (Å²) in [5.74, 6) is 0.349. The van der Waals surface area contributed by atoms with E-state index in [1.165, 1.54) is 0 Å². The van der Waals surface area contributed by atoms with E-state index >= 15 is 0 Å². The van der Waals surface area contributed by atoms with E-state index in [0.717, 1.165) is 0 Å². The molecule has 0 bridgehead atoms. The summed E-state index contributed by atoms with van der Waals surface area (Å²) >= 11 is 12.7. The van der Waals surface area contributed by atoms with Gasteiger partial charge in [-0.15, -0.1) is 0 Å². The lowest BCUT2D eigenvalue weighted by molar-refractivity contribution is 0.0705. The van der Waals surface area contributed by atoms with Crippen LogP contribution >= 0.6 is 23.2 Å². The number of aliphatic hydroxyl groups is 1. The summed E-state index contributed by atoms with van der Waals surface area (Å²) in [5.41, 5.74) is 0.869. The number of halogens is 2. The number of benzene rings is 1. The highest BCUT2D eigenvalue weighted by molar-refractivity contribution is 6.39. The van der Waals surface area contributed by atoms with Crippen molar-refractivity contribution in [3.63, 3.8) is 0 Å². The largest absolute Gasteiger partial charge is 0.489 e. The minimum absolute atomic E-state index is 0.159. The zero-order valence-electron chi connectivity index (χ0n) is 13.2. The molecule has 126 valence electrons. The zero-order valence-corrected chi connectivity index (χ0v) is 14.7. The molecular weight excluding hydrogens is 341 g/mol. The molecule has 1 aromatic rings. The average Bonchev–Trinajstić information content (AvgIpc) is 2.80.